The van der Waals surface area contributed by atoms with Crippen molar-refractivity contribution in [2.24, 2.45) is 10.1 Å². The number of ether oxygens (including phenoxy) is 2. The van der Waals surface area contributed by atoms with Gasteiger partial charge in [-0.3, -0.25) is 4.99 Å². The van der Waals surface area contributed by atoms with Gasteiger partial charge in [-0.1, -0.05) is 96.1 Å². The molecule has 1 unspecified atom stereocenters. The Labute approximate surface area is 207 Å². The highest BCUT2D eigenvalue weighted by atomic mass is 16.5. The summed E-state index contributed by atoms with van der Waals surface area (Å²) in [5.41, 5.74) is 11.5. The Kier molecular flexibility index (Phi) is 15.0. The van der Waals surface area contributed by atoms with Crippen LogP contribution in [0, 0.1) is 0 Å². The van der Waals surface area contributed by atoms with Crippen LogP contribution in [0.5, 0.6) is 0 Å². The number of nitrogens with zero attached hydrogens (tertiary/aromatic N) is 4. The third kappa shape index (κ3) is 13.1. The van der Waals surface area contributed by atoms with Crippen molar-refractivity contribution in [2.45, 2.75) is 25.6 Å². The van der Waals surface area contributed by atoms with E-state index in [1.54, 1.807) is 6.21 Å². The SMILES string of the molecule is OCCN=Cc1ccccc1.[N-]=[N+]=NCCOCc1ccccc1.c1ccc(C2CCCO2)cc1. The van der Waals surface area contributed by atoms with Crippen LogP contribution in [0.4, 0.5) is 0 Å². The molecule has 0 aromatic heterocycles. The lowest BCUT2D eigenvalue weighted by atomic mass is 10.1. The average Bonchev–Trinajstić information content (AvgIpc) is 3.47. The van der Waals surface area contributed by atoms with Gasteiger partial charge in [-0.2, -0.15) is 0 Å². The van der Waals surface area contributed by atoms with Gasteiger partial charge in [0.2, 0.25) is 0 Å². The monoisotopic (exact) mass is 474 g/mol. The number of aliphatic hydroxyl groups excluding tert-OH is 1. The fraction of sp³-hybridized carbons (Fsp3) is 0.321. The molecule has 1 N–H and O–H groups in total. The lowest BCUT2D eigenvalue weighted by molar-refractivity contribution is 0.112. The number of hydrogen-bond donors (Lipinski definition) is 1. The van der Waals surface area contributed by atoms with Crippen LogP contribution in [-0.4, -0.2) is 44.2 Å². The summed E-state index contributed by atoms with van der Waals surface area (Å²) in [6.45, 7) is 2.96. The molecule has 7 nitrogen and oxygen atoms in total. The predicted molar refractivity (Wildman–Crippen MR) is 140 cm³/mol. The lowest BCUT2D eigenvalue weighted by Crippen LogP contribution is -1.97. The molecule has 1 fully saturated rings. The summed E-state index contributed by atoms with van der Waals surface area (Å²) in [5, 5.41) is 11.8. The Morgan fingerprint density at radius 3 is 2.20 bits per heavy atom. The van der Waals surface area contributed by atoms with Crippen molar-refractivity contribution < 1.29 is 14.6 Å². The van der Waals surface area contributed by atoms with Gasteiger partial charge in [-0.05, 0) is 35.1 Å². The highest BCUT2D eigenvalue weighted by molar-refractivity contribution is 5.79. The summed E-state index contributed by atoms with van der Waals surface area (Å²) < 4.78 is 10.8. The van der Waals surface area contributed by atoms with Crippen molar-refractivity contribution >= 4 is 6.21 Å². The summed E-state index contributed by atoms with van der Waals surface area (Å²) in [5.74, 6) is 0. The first-order valence-corrected chi connectivity index (χ1v) is 11.8. The molecule has 4 rings (SSSR count). The number of aliphatic imine (C=N–C) groups is 1. The largest absolute Gasteiger partial charge is 0.394 e. The highest BCUT2D eigenvalue weighted by Gasteiger charge is 2.16. The quantitative estimate of drug-likeness (QED) is 0.132. The molecule has 3 aromatic carbocycles. The van der Waals surface area contributed by atoms with Crippen LogP contribution in [0.3, 0.4) is 0 Å². The predicted octanol–water partition coefficient (Wildman–Crippen LogP) is 6.15. The molecule has 1 aliphatic heterocycles. The van der Waals surface area contributed by atoms with Crippen molar-refractivity contribution in [3.63, 3.8) is 0 Å². The number of hydrogen-bond acceptors (Lipinski definition) is 5. The third-order valence-corrected chi connectivity index (χ3v) is 4.88. The van der Waals surface area contributed by atoms with Crippen molar-refractivity contribution in [3.05, 3.63) is 118 Å². The number of rotatable bonds is 9. The fourth-order valence-corrected chi connectivity index (χ4v) is 3.19. The molecular formula is C28H34N4O3. The van der Waals surface area contributed by atoms with Crippen LogP contribution in [0.2, 0.25) is 0 Å². The van der Waals surface area contributed by atoms with Gasteiger partial charge in [0.05, 0.1) is 32.5 Å². The standard InChI is InChI=1S/C10H12O.C9H11N3O.C9H11NO/c1-2-5-9(6-3-1)10-7-4-8-11-10;10-12-11-6-7-13-8-9-4-2-1-3-5-9;11-7-6-10-8-9-4-2-1-3-5-9/h1-3,5-6,10H,4,7-8H2;1-5H,6-8H2;1-5,8,11H,6-7H2. The van der Waals surface area contributed by atoms with Gasteiger partial charge in [0.15, 0.2) is 0 Å². The molecule has 0 radical (unpaired) electrons. The van der Waals surface area contributed by atoms with E-state index in [-0.39, 0.29) is 6.61 Å². The third-order valence-electron chi connectivity index (χ3n) is 4.88. The molecule has 7 heteroatoms. The van der Waals surface area contributed by atoms with Crippen molar-refractivity contribution in [3.8, 4) is 0 Å². The van der Waals surface area contributed by atoms with Gasteiger partial charge in [0.25, 0.3) is 0 Å². The second-order valence-electron chi connectivity index (χ2n) is 7.57. The minimum absolute atomic E-state index is 0.114. The molecule has 1 aliphatic rings. The molecule has 184 valence electrons. The van der Waals surface area contributed by atoms with Crippen molar-refractivity contribution in [1.82, 2.24) is 0 Å². The van der Waals surface area contributed by atoms with E-state index in [4.69, 9.17) is 20.1 Å². The molecule has 1 heterocycles. The van der Waals surface area contributed by atoms with Gasteiger partial charge in [0.1, 0.15) is 0 Å². The van der Waals surface area contributed by atoms with Crippen LogP contribution in [0.25, 0.3) is 10.4 Å². The van der Waals surface area contributed by atoms with Crippen LogP contribution in [0.15, 0.2) is 101 Å². The summed E-state index contributed by atoms with van der Waals surface area (Å²) in [6, 6.07) is 30.1. The smallest absolute Gasteiger partial charge is 0.0825 e. The van der Waals surface area contributed by atoms with Crippen molar-refractivity contribution in [1.29, 1.82) is 0 Å². The van der Waals surface area contributed by atoms with Gasteiger partial charge in [0, 0.05) is 24.3 Å². The van der Waals surface area contributed by atoms with Gasteiger partial charge >= 0.3 is 0 Å². The van der Waals surface area contributed by atoms with E-state index in [1.807, 2.05) is 66.7 Å². The van der Waals surface area contributed by atoms with Crippen LogP contribution < -0.4 is 0 Å². The number of azide groups is 1. The maximum atomic E-state index is 8.43. The lowest BCUT2D eigenvalue weighted by Gasteiger charge is -2.07. The maximum absolute atomic E-state index is 8.43. The summed E-state index contributed by atoms with van der Waals surface area (Å²) >= 11 is 0. The zero-order valence-electron chi connectivity index (χ0n) is 20.0. The fourth-order valence-electron chi connectivity index (χ4n) is 3.19. The minimum atomic E-state index is 0.114. The van der Waals surface area contributed by atoms with E-state index in [9.17, 15) is 0 Å². The molecule has 0 aliphatic carbocycles. The molecule has 0 spiro atoms. The molecular weight excluding hydrogens is 440 g/mol. The Morgan fingerprint density at radius 1 is 0.943 bits per heavy atom. The summed E-state index contributed by atoms with van der Waals surface area (Å²) in [6.07, 6.45) is 4.52. The van der Waals surface area contributed by atoms with E-state index < -0.39 is 0 Å². The van der Waals surface area contributed by atoms with E-state index in [2.05, 4.69) is 39.3 Å². The van der Waals surface area contributed by atoms with Gasteiger partial charge < -0.3 is 14.6 Å². The molecule has 3 aromatic rings. The average molecular weight is 475 g/mol. The van der Waals surface area contributed by atoms with E-state index in [1.165, 1.54) is 18.4 Å². The van der Waals surface area contributed by atoms with E-state index in [0.29, 0.717) is 32.4 Å². The zero-order valence-corrected chi connectivity index (χ0v) is 20.0. The molecule has 0 amide bonds. The highest BCUT2D eigenvalue weighted by Crippen LogP contribution is 2.27. The van der Waals surface area contributed by atoms with Gasteiger partial charge in [-0.25, -0.2) is 0 Å². The van der Waals surface area contributed by atoms with E-state index >= 15 is 0 Å². The first-order chi connectivity index (χ1) is 17.3. The molecule has 0 bridgehead atoms. The Hall–Kier alpha value is -3.48. The number of benzene rings is 3. The van der Waals surface area contributed by atoms with Crippen LogP contribution in [-0.2, 0) is 16.1 Å². The number of aliphatic hydroxyl groups is 1. The second kappa shape index (κ2) is 18.9. The Morgan fingerprint density at radius 2 is 1.60 bits per heavy atom. The minimum Gasteiger partial charge on any atom is -0.394 e. The van der Waals surface area contributed by atoms with Crippen LogP contribution >= 0.6 is 0 Å². The van der Waals surface area contributed by atoms with Gasteiger partial charge in [-0.15, -0.1) is 0 Å². The second-order valence-corrected chi connectivity index (χ2v) is 7.57. The Balaban J connectivity index is 0.000000186. The topological polar surface area (TPSA) is 99.8 Å². The molecule has 0 saturated carbocycles. The molecule has 1 saturated heterocycles. The first kappa shape index (κ1) is 27.8. The summed E-state index contributed by atoms with van der Waals surface area (Å²) in [7, 11) is 0. The normalized spacial score (nSPS) is 14.3. The zero-order chi connectivity index (χ0) is 24.8. The van der Waals surface area contributed by atoms with Crippen molar-refractivity contribution in [2.75, 3.05) is 32.9 Å². The van der Waals surface area contributed by atoms with Crippen LogP contribution in [0.1, 0.15) is 35.6 Å². The molecule has 35 heavy (non-hydrogen) atoms. The molecule has 1 atom stereocenters. The summed E-state index contributed by atoms with van der Waals surface area (Å²) in [4.78, 5) is 6.61. The van der Waals surface area contributed by atoms with E-state index in [0.717, 1.165) is 17.7 Å². The first-order valence-electron chi connectivity index (χ1n) is 11.8. The Bertz CT molecular complexity index is 973. The maximum Gasteiger partial charge on any atom is 0.0825 e.